The molecule has 1 aliphatic carbocycles. The average molecular weight is 326 g/mol. The molecule has 1 aromatic rings. The Morgan fingerprint density at radius 3 is 2.68 bits per heavy atom. The van der Waals surface area contributed by atoms with Crippen molar-refractivity contribution in [1.29, 1.82) is 0 Å². The van der Waals surface area contributed by atoms with Gasteiger partial charge in [0.05, 0.1) is 4.91 Å². The largest absolute Gasteiger partial charge is 0.423 e. The highest BCUT2D eigenvalue weighted by molar-refractivity contribution is 8.04. The molecule has 3 rings (SSSR count). The predicted octanol–water partition coefficient (Wildman–Crippen LogP) is 5.37. The topological polar surface area (TPSA) is 26.3 Å². The standard InChI is InChI=1S/C18H14O2S2/c1-12-5-8-15(9-6-12)20-18(19)13(2)22-16-10-7-14-4-3-11-21-17(14)16/h3-11H,2H2,1H3. The molecule has 0 aromatic heterocycles. The summed E-state index contributed by atoms with van der Waals surface area (Å²) in [5, 5.41) is 2.03. The van der Waals surface area contributed by atoms with E-state index in [1.54, 1.807) is 23.5 Å². The Morgan fingerprint density at radius 2 is 1.91 bits per heavy atom. The summed E-state index contributed by atoms with van der Waals surface area (Å²) >= 11 is 3.01. The maximum atomic E-state index is 12.1. The second kappa shape index (κ2) is 6.38. The second-order valence-electron chi connectivity index (χ2n) is 4.82. The van der Waals surface area contributed by atoms with Gasteiger partial charge < -0.3 is 4.74 Å². The lowest BCUT2D eigenvalue weighted by atomic mass is 10.2. The molecule has 1 aliphatic heterocycles. The molecule has 0 bridgehead atoms. The maximum Gasteiger partial charge on any atom is 0.349 e. The summed E-state index contributed by atoms with van der Waals surface area (Å²) in [4.78, 5) is 14.7. The van der Waals surface area contributed by atoms with Crippen LogP contribution in [0.2, 0.25) is 0 Å². The van der Waals surface area contributed by atoms with Crippen LogP contribution in [0.4, 0.5) is 0 Å². The molecule has 22 heavy (non-hydrogen) atoms. The highest BCUT2D eigenvalue weighted by atomic mass is 32.2. The normalized spacial score (nSPS) is 10.6. The molecule has 1 heterocycles. The van der Waals surface area contributed by atoms with Crippen LogP contribution >= 0.6 is 23.1 Å². The third kappa shape index (κ3) is 3.24. The van der Waals surface area contributed by atoms with Gasteiger partial charge in [-0.3, -0.25) is 0 Å². The van der Waals surface area contributed by atoms with Crippen molar-refractivity contribution in [3.63, 3.8) is 0 Å². The number of benzene rings is 1. The lowest BCUT2D eigenvalue weighted by molar-refractivity contribution is -0.129. The molecule has 1 aromatic carbocycles. The Bertz CT molecular complexity index is 787. The van der Waals surface area contributed by atoms with Crippen molar-refractivity contribution in [1.82, 2.24) is 0 Å². The zero-order valence-corrected chi connectivity index (χ0v) is 13.7. The number of esters is 1. The minimum atomic E-state index is -0.413. The van der Waals surface area contributed by atoms with Crippen LogP contribution in [0.3, 0.4) is 0 Å². The lowest BCUT2D eigenvalue weighted by Gasteiger charge is -2.07. The first-order valence-corrected chi connectivity index (χ1v) is 8.45. The van der Waals surface area contributed by atoms with Gasteiger partial charge in [0.15, 0.2) is 0 Å². The third-order valence-corrected chi connectivity index (χ3v) is 5.22. The number of carbonyl (C=O) groups is 1. The molecular formula is C18H14O2S2. The van der Waals surface area contributed by atoms with Crippen molar-refractivity contribution in [2.24, 2.45) is 0 Å². The molecule has 0 radical (unpaired) electrons. The number of fused-ring (bicyclic) bond motifs is 1. The predicted molar refractivity (Wildman–Crippen MR) is 92.8 cm³/mol. The number of hydrogen-bond donors (Lipinski definition) is 0. The molecule has 0 saturated carbocycles. The van der Waals surface area contributed by atoms with Crippen molar-refractivity contribution >= 4 is 29.1 Å². The molecule has 4 heteroatoms. The van der Waals surface area contributed by atoms with E-state index in [9.17, 15) is 4.79 Å². The lowest BCUT2D eigenvalue weighted by Crippen LogP contribution is -2.08. The van der Waals surface area contributed by atoms with E-state index in [1.807, 2.05) is 42.6 Å². The molecule has 0 atom stereocenters. The Balaban J connectivity index is 1.69. The van der Waals surface area contributed by atoms with E-state index in [4.69, 9.17) is 4.74 Å². The fourth-order valence-corrected chi connectivity index (χ4v) is 3.75. The highest BCUT2D eigenvalue weighted by Gasteiger charge is 2.16. The van der Waals surface area contributed by atoms with Crippen LogP contribution in [0.15, 0.2) is 70.3 Å². The summed E-state index contributed by atoms with van der Waals surface area (Å²) in [6.45, 7) is 5.83. The summed E-state index contributed by atoms with van der Waals surface area (Å²) < 4.78 is 5.34. The molecule has 0 amide bonds. The fraction of sp³-hybridized carbons (Fsp3) is 0.0556. The second-order valence-corrected chi connectivity index (χ2v) is 6.88. The zero-order chi connectivity index (χ0) is 15.5. The van der Waals surface area contributed by atoms with Gasteiger partial charge >= 0.3 is 5.97 Å². The van der Waals surface area contributed by atoms with Gasteiger partial charge in [0, 0.05) is 9.77 Å². The van der Waals surface area contributed by atoms with Gasteiger partial charge in [0.2, 0.25) is 0 Å². The first kappa shape index (κ1) is 14.9. The van der Waals surface area contributed by atoms with Crippen molar-refractivity contribution in [2.75, 3.05) is 0 Å². The quantitative estimate of drug-likeness (QED) is 0.279. The number of carbonyl (C=O) groups excluding carboxylic acids is 1. The van der Waals surface area contributed by atoms with Crippen LogP contribution in [0.1, 0.15) is 5.56 Å². The molecular weight excluding hydrogens is 312 g/mol. The van der Waals surface area contributed by atoms with Crippen LogP contribution in [0.5, 0.6) is 5.75 Å². The van der Waals surface area contributed by atoms with Gasteiger partial charge in [0.25, 0.3) is 0 Å². The maximum absolute atomic E-state index is 12.1. The summed E-state index contributed by atoms with van der Waals surface area (Å²) in [5.74, 6) is 0.122. The number of aryl methyl sites for hydroxylation is 1. The summed E-state index contributed by atoms with van der Waals surface area (Å²) in [6, 6.07) is 15.5. The SMILES string of the molecule is C=C(Sc1ccc2cccsc1-2)C(=O)Oc1ccc(C)cc1. The fourth-order valence-electron chi connectivity index (χ4n) is 1.99. The van der Waals surface area contributed by atoms with E-state index in [1.165, 1.54) is 17.3 Å². The molecule has 0 spiro atoms. The van der Waals surface area contributed by atoms with Crippen LogP contribution in [0, 0.1) is 6.92 Å². The zero-order valence-electron chi connectivity index (χ0n) is 12.0. The first-order valence-electron chi connectivity index (χ1n) is 6.75. The number of ether oxygens (including phenoxy) is 1. The van der Waals surface area contributed by atoms with Crippen LogP contribution in [-0.4, -0.2) is 5.97 Å². The van der Waals surface area contributed by atoms with Gasteiger partial charge in [-0.25, -0.2) is 4.79 Å². The highest BCUT2D eigenvalue weighted by Crippen LogP contribution is 2.40. The first-order chi connectivity index (χ1) is 10.6. The minimum Gasteiger partial charge on any atom is -0.423 e. The van der Waals surface area contributed by atoms with E-state index < -0.39 is 5.97 Å². The van der Waals surface area contributed by atoms with Crippen LogP contribution in [-0.2, 0) is 4.79 Å². The Hall–Kier alpha value is -2.04. The van der Waals surface area contributed by atoms with E-state index in [2.05, 4.69) is 12.6 Å². The third-order valence-electron chi connectivity index (χ3n) is 3.13. The minimum absolute atomic E-state index is 0.379. The number of hydrogen-bond acceptors (Lipinski definition) is 4. The summed E-state index contributed by atoms with van der Waals surface area (Å²) in [5.41, 5.74) is 2.30. The molecule has 2 nitrogen and oxygen atoms in total. The Kier molecular flexibility index (Phi) is 4.32. The number of thioether (sulfide) groups is 1. The van der Waals surface area contributed by atoms with E-state index >= 15 is 0 Å². The smallest absolute Gasteiger partial charge is 0.349 e. The van der Waals surface area contributed by atoms with Crippen molar-refractivity contribution < 1.29 is 9.53 Å². The van der Waals surface area contributed by atoms with Gasteiger partial charge in [0.1, 0.15) is 5.75 Å². The van der Waals surface area contributed by atoms with E-state index in [-0.39, 0.29) is 0 Å². The van der Waals surface area contributed by atoms with Crippen molar-refractivity contribution in [3.05, 3.63) is 71.0 Å². The summed E-state index contributed by atoms with van der Waals surface area (Å²) in [7, 11) is 0. The molecule has 0 N–H and O–H groups in total. The average Bonchev–Trinajstić information content (AvgIpc) is 2.93. The number of rotatable bonds is 4. The van der Waals surface area contributed by atoms with Gasteiger partial charge in [-0.15, -0.1) is 11.3 Å². The van der Waals surface area contributed by atoms with Gasteiger partial charge in [-0.2, -0.15) is 0 Å². The van der Waals surface area contributed by atoms with Gasteiger partial charge in [-0.05, 0) is 36.1 Å². The molecule has 0 fully saturated rings. The van der Waals surface area contributed by atoms with Crippen LogP contribution < -0.4 is 4.74 Å². The van der Waals surface area contributed by atoms with E-state index in [0.29, 0.717) is 10.7 Å². The van der Waals surface area contributed by atoms with Crippen molar-refractivity contribution in [2.45, 2.75) is 11.8 Å². The molecule has 0 saturated heterocycles. The summed E-state index contributed by atoms with van der Waals surface area (Å²) in [6.07, 6.45) is 0. The molecule has 110 valence electrons. The Labute approximate surface area is 137 Å². The van der Waals surface area contributed by atoms with Crippen LogP contribution in [0.25, 0.3) is 10.4 Å². The Morgan fingerprint density at radius 1 is 1.14 bits per heavy atom. The molecule has 0 unspecified atom stereocenters. The van der Waals surface area contributed by atoms with Crippen molar-refractivity contribution in [3.8, 4) is 16.2 Å². The molecule has 2 aliphatic rings. The van der Waals surface area contributed by atoms with Gasteiger partial charge in [-0.1, -0.05) is 54.2 Å². The van der Waals surface area contributed by atoms with E-state index in [0.717, 1.165) is 15.3 Å². The monoisotopic (exact) mass is 326 g/mol.